The van der Waals surface area contributed by atoms with Crippen LogP contribution >= 0.6 is 0 Å². The molecule has 0 aromatic carbocycles. The lowest BCUT2D eigenvalue weighted by atomic mass is 10.0. The molecule has 6 heteroatoms. The summed E-state index contributed by atoms with van der Waals surface area (Å²) in [5.74, 6) is -0.0576. The number of carbonyl (C=O) groups is 2. The van der Waals surface area contributed by atoms with Crippen LogP contribution in [0.4, 0.5) is 0 Å². The van der Waals surface area contributed by atoms with E-state index in [0.29, 0.717) is 25.9 Å². The molecule has 0 heterocycles. The van der Waals surface area contributed by atoms with Crippen molar-refractivity contribution in [2.45, 2.75) is 373 Å². The van der Waals surface area contributed by atoms with E-state index in [1.165, 1.54) is 257 Å². The van der Waals surface area contributed by atoms with Crippen molar-refractivity contribution in [1.29, 1.82) is 0 Å². The molecule has 3 N–H and O–H groups in total. The quantitative estimate of drug-likeness (QED) is 0.0244. The van der Waals surface area contributed by atoms with Gasteiger partial charge >= 0.3 is 5.97 Å². The van der Waals surface area contributed by atoms with E-state index in [4.69, 9.17) is 4.74 Å². The Morgan fingerprint density at radius 3 is 1.04 bits per heavy atom. The lowest BCUT2D eigenvalue weighted by Gasteiger charge is -2.22. The zero-order valence-corrected chi connectivity index (χ0v) is 49.8. The fraction of sp³-hybridized carbons (Fsp3) is 0.882. The summed E-state index contributed by atoms with van der Waals surface area (Å²) in [6.07, 6.45) is 80.2. The Kier molecular flexibility index (Phi) is 62.0. The number of nitrogens with one attached hydrogen (secondary N) is 1. The van der Waals surface area contributed by atoms with Crippen molar-refractivity contribution in [3.63, 3.8) is 0 Å². The monoisotopic (exact) mass is 1040 g/mol. The smallest absolute Gasteiger partial charge is 0.305 e. The van der Waals surface area contributed by atoms with Gasteiger partial charge in [-0.15, -0.1) is 0 Å². The number of allylic oxidation sites excluding steroid dienone is 6. The number of esters is 1. The molecule has 436 valence electrons. The molecule has 0 rings (SSSR count). The van der Waals surface area contributed by atoms with Gasteiger partial charge in [-0.05, 0) is 83.5 Å². The minimum absolute atomic E-state index is 0.0156. The molecule has 0 aromatic heterocycles. The zero-order chi connectivity index (χ0) is 53.6. The summed E-state index contributed by atoms with van der Waals surface area (Å²) < 4.78 is 5.47. The summed E-state index contributed by atoms with van der Waals surface area (Å²) in [4.78, 5) is 24.6. The number of aliphatic hydroxyl groups is 2. The van der Waals surface area contributed by atoms with Gasteiger partial charge in [0.25, 0.3) is 0 Å². The number of hydrogen-bond donors (Lipinski definition) is 3. The Morgan fingerprint density at radius 2 is 0.676 bits per heavy atom. The van der Waals surface area contributed by atoms with Crippen molar-refractivity contribution in [3.05, 3.63) is 36.5 Å². The predicted octanol–water partition coefficient (Wildman–Crippen LogP) is 21.1. The van der Waals surface area contributed by atoms with Crippen molar-refractivity contribution in [3.8, 4) is 0 Å². The number of amides is 1. The molecule has 0 bridgehead atoms. The third-order valence-corrected chi connectivity index (χ3v) is 15.4. The van der Waals surface area contributed by atoms with Crippen LogP contribution in [0, 0.1) is 0 Å². The zero-order valence-electron chi connectivity index (χ0n) is 49.8. The standard InChI is InChI=1S/C68H129NO5/c1-3-5-7-9-11-13-15-17-19-21-23-25-28-32-36-40-44-48-52-56-60-66(71)65(64-70)69-67(72)61-57-53-49-45-41-37-33-29-26-24-27-31-35-39-43-47-51-55-59-63-74-68(73)62-58-54-50-46-42-38-34-30-22-20-18-16-14-12-10-8-6-4-2/h20,22,31,35,39,43,65-66,70-71H,3-19,21,23-30,32-34,36-38,40-42,44-64H2,1-2H3,(H,69,72)/b22-20-,35-31-,43-39-. The third-order valence-electron chi connectivity index (χ3n) is 15.4. The van der Waals surface area contributed by atoms with E-state index in [0.717, 1.165) is 70.6 Å². The van der Waals surface area contributed by atoms with Gasteiger partial charge in [-0.3, -0.25) is 9.59 Å². The van der Waals surface area contributed by atoms with Crippen LogP contribution in [0.1, 0.15) is 361 Å². The van der Waals surface area contributed by atoms with Crippen LogP contribution < -0.4 is 5.32 Å². The normalized spacial score (nSPS) is 12.8. The van der Waals surface area contributed by atoms with Gasteiger partial charge in [-0.2, -0.15) is 0 Å². The van der Waals surface area contributed by atoms with Gasteiger partial charge in [0.15, 0.2) is 0 Å². The molecule has 0 spiro atoms. The Labute approximate surface area is 462 Å². The summed E-state index contributed by atoms with van der Waals surface area (Å²) in [7, 11) is 0. The molecule has 6 nitrogen and oxygen atoms in total. The minimum Gasteiger partial charge on any atom is -0.466 e. The summed E-state index contributed by atoms with van der Waals surface area (Å²) in [6.45, 7) is 4.94. The van der Waals surface area contributed by atoms with Crippen LogP contribution in [0.2, 0.25) is 0 Å². The molecule has 0 saturated heterocycles. The van der Waals surface area contributed by atoms with Crippen LogP contribution in [-0.2, 0) is 14.3 Å². The van der Waals surface area contributed by atoms with Gasteiger partial charge in [0.1, 0.15) is 0 Å². The highest BCUT2D eigenvalue weighted by Gasteiger charge is 2.20. The summed E-state index contributed by atoms with van der Waals surface area (Å²) in [5, 5.41) is 23.4. The second-order valence-electron chi connectivity index (χ2n) is 22.8. The molecule has 0 aromatic rings. The van der Waals surface area contributed by atoms with Gasteiger partial charge in [0.05, 0.1) is 25.4 Å². The first-order valence-electron chi connectivity index (χ1n) is 33.3. The maximum atomic E-state index is 12.5. The van der Waals surface area contributed by atoms with Crippen LogP contribution in [0.5, 0.6) is 0 Å². The summed E-state index contributed by atoms with van der Waals surface area (Å²) in [6, 6.07) is -0.551. The van der Waals surface area contributed by atoms with E-state index in [2.05, 4.69) is 55.6 Å². The first-order chi connectivity index (χ1) is 36.5. The summed E-state index contributed by atoms with van der Waals surface area (Å²) in [5.41, 5.74) is 0. The lowest BCUT2D eigenvalue weighted by Crippen LogP contribution is -2.45. The van der Waals surface area contributed by atoms with E-state index in [1.54, 1.807) is 0 Å². The van der Waals surface area contributed by atoms with E-state index in [9.17, 15) is 19.8 Å². The molecular formula is C68H129NO5. The van der Waals surface area contributed by atoms with Gasteiger partial charge < -0.3 is 20.3 Å². The number of aliphatic hydroxyl groups excluding tert-OH is 2. The maximum Gasteiger partial charge on any atom is 0.305 e. The second-order valence-corrected chi connectivity index (χ2v) is 22.8. The van der Waals surface area contributed by atoms with Gasteiger partial charge in [0.2, 0.25) is 5.91 Å². The van der Waals surface area contributed by atoms with Gasteiger partial charge in [-0.25, -0.2) is 0 Å². The molecule has 0 aliphatic carbocycles. The Hall–Kier alpha value is -1.92. The average molecular weight is 1040 g/mol. The van der Waals surface area contributed by atoms with E-state index < -0.39 is 12.1 Å². The van der Waals surface area contributed by atoms with Crippen molar-refractivity contribution >= 4 is 11.9 Å². The fourth-order valence-electron chi connectivity index (χ4n) is 10.3. The maximum absolute atomic E-state index is 12.5. The van der Waals surface area contributed by atoms with Crippen LogP contribution in [0.15, 0.2) is 36.5 Å². The molecule has 74 heavy (non-hydrogen) atoms. The Morgan fingerprint density at radius 1 is 0.378 bits per heavy atom. The Bertz CT molecular complexity index is 1200. The SMILES string of the molecule is CCCCCCCCC/C=C\CCCCCCCCCC(=O)OCCCCC/C=C\C=C/CCCCCCCCCCCCC(=O)NC(CO)C(O)CCCCCCCCCCCCCCCCCCCCCC. The first kappa shape index (κ1) is 72.1. The average Bonchev–Trinajstić information content (AvgIpc) is 3.40. The first-order valence-corrected chi connectivity index (χ1v) is 33.3. The van der Waals surface area contributed by atoms with Crippen molar-refractivity contribution in [1.82, 2.24) is 5.32 Å². The molecule has 0 aliphatic heterocycles. The van der Waals surface area contributed by atoms with E-state index in [-0.39, 0.29) is 18.5 Å². The highest BCUT2D eigenvalue weighted by Crippen LogP contribution is 2.18. The molecule has 0 fully saturated rings. The molecule has 0 saturated carbocycles. The molecule has 2 unspecified atom stereocenters. The molecular weight excluding hydrogens is 911 g/mol. The Balaban J connectivity index is 3.46. The highest BCUT2D eigenvalue weighted by molar-refractivity contribution is 5.76. The minimum atomic E-state index is -0.673. The van der Waals surface area contributed by atoms with Crippen LogP contribution in [0.3, 0.4) is 0 Å². The second kappa shape index (κ2) is 63.6. The van der Waals surface area contributed by atoms with Crippen molar-refractivity contribution in [2.75, 3.05) is 13.2 Å². The number of ether oxygens (including phenoxy) is 1. The number of rotatable bonds is 62. The molecule has 0 aliphatic rings. The lowest BCUT2D eigenvalue weighted by molar-refractivity contribution is -0.143. The molecule has 0 radical (unpaired) electrons. The van der Waals surface area contributed by atoms with Gasteiger partial charge in [0, 0.05) is 12.8 Å². The van der Waals surface area contributed by atoms with E-state index in [1.807, 2.05) is 0 Å². The molecule has 2 atom stereocenters. The topological polar surface area (TPSA) is 95.9 Å². The number of unbranched alkanes of at least 4 members (excludes halogenated alkanes) is 46. The van der Waals surface area contributed by atoms with Crippen LogP contribution in [0.25, 0.3) is 0 Å². The largest absolute Gasteiger partial charge is 0.466 e. The van der Waals surface area contributed by atoms with Crippen molar-refractivity contribution in [2.24, 2.45) is 0 Å². The number of hydrogen-bond acceptors (Lipinski definition) is 5. The van der Waals surface area contributed by atoms with Gasteiger partial charge in [-0.1, -0.05) is 301 Å². The van der Waals surface area contributed by atoms with Crippen molar-refractivity contribution < 1.29 is 24.5 Å². The predicted molar refractivity (Wildman–Crippen MR) is 324 cm³/mol. The fourth-order valence-corrected chi connectivity index (χ4v) is 10.3. The third kappa shape index (κ3) is 59.3. The summed E-state index contributed by atoms with van der Waals surface area (Å²) >= 11 is 0. The van der Waals surface area contributed by atoms with E-state index >= 15 is 0 Å². The van der Waals surface area contributed by atoms with Crippen LogP contribution in [-0.4, -0.2) is 47.4 Å². The molecule has 1 amide bonds. The number of carbonyl (C=O) groups excluding carboxylic acids is 2. The highest BCUT2D eigenvalue weighted by atomic mass is 16.5.